The molecule has 25 heavy (non-hydrogen) atoms. The van der Waals surface area contributed by atoms with Gasteiger partial charge in [0.1, 0.15) is 0 Å². The molecular weight excluding hydrogens is 339 g/mol. The molecule has 0 aromatic carbocycles. The van der Waals surface area contributed by atoms with Crippen molar-refractivity contribution in [2.75, 3.05) is 18.2 Å². The van der Waals surface area contributed by atoms with Crippen LogP contribution in [-0.2, 0) is 9.68 Å². The summed E-state index contributed by atoms with van der Waals surface area (Å²) in [6.07, 6.45) is 17.2. The van der Waals surface area contributed by atoms with Gasteiger partial charge in [-0.05, 0) is 50.0 Å². The van der Waals surface area contributed by atoms with Crippen molar-refractivity contribution in [3.8, 4) is 0 Å². The highest BCUT2D eigenvalue weighted by atomic mass is 32.2. The number of thioether (sulfide) groups is 1. The average molecular weight is 377 g/mol. The maximum absolute atomic E-state index is 12.3. The molecule has 0 aliphatic carbocycles. The number of hydrogen-bond acceptors (Lipinski definition) is 4. The van der Waals surface area contributed by atoms with Crippen LogP contribution in [0.5, 0.6) is 0 Å². The van der Waals surface area contributed by atoms with Crippen molar-refractivity contribution in [1.82, 2.24) is 0 Å². The molecule has 1 unspecified atom stereocenters. The molecule has 3 nitrogen and oxygen atoms in total. The van der Waals surface area contributed by atoms with Crippen molar-refractivity contribution in [3.05, 3.63) is 12.2 Å². The van der Waals surface area contributed by atoms with Crippen LogP contribution >= 0.6 is 11.8 Å². The third-order valence-electron chi connectivity index (χ3n) is 4.27. The Morgan fingerprint density at radius 3 is 2.28 bits per heavy atom. The van der Waals surface area contributed by atoms with Gasteiger partial charge in [0, 0.05) is 0 Å². The summed E-state index contributed by atoms with van der Waals surface area (Å²) in [5.74, 6) is 1.26. The van der Waals surface area contributed by atoms with Crippen LogP contribution in [0.25, 0.3) is 0 Å². The molecule has 0 rings (SSSR count). The number of hydrogen-bond donors (Lipinski definition) is 1. The van der Waals surface area contributed by atoms with Crippen LogP contribution in [0, 0.1) is 5.92 Å². The van der Waals surface area contributed by atoms with Crippen molar-refractivity contribution in [2.24, 2.45) is 5.92 Å². The topological polar surface area (TPSA) is 46.5 Å². The van der Waals surface area contributed by atoms with E-state index in [4.69, 9.17) is 5.26 Å². The van der Waals surface area contributed by atoms with Crippen LogP contribution in [-0.4, -0.2) is 29.4 Å². The smallest absolute Gasteiger partial charge is 0.301 e. The Balaban J connectivity index is 3.38. The van der Waals surface area contributed by atoms with E-state index in [0.29, 0.717) is 6.42 Å². The van der Waals surface area contributed by atoms with Crippen LogP contribution in [0.15, 0.2) is 12.2 Å². The molecule has 148 valence electrons. The van der Waals surface area contributed by atoms with E-state index in [1.807, 2.05) is 12.2 Å². The monoisotopic (exact) mass is 376 g/mol. The maximum Gasteiger partial charge on any atom is 0.345 e. The molecule has 0 bridgehead atoms. The second-order valence-electron chi connectivity index (χ2n) is 6.52. The van der Waals surface area contributed by atoms with E-state index in [9.17, 15) is 9.18 Å². The minimum atomic E-state index is -0.745. The molecule has 1 atom stereocenters. The third-order valence-corrected chi connectivity index (χ3v) is 5.42. The summed E-state index contributed by atoms with van der Waals surface area (Å²) >= 11 is 2.09. The molecule has 0 fully saturated rings. The molecule has 1 N–H and O–H groups in total. The van der Waals surface area contributed by atoms with E-state index >= 15 is 0 Å². The van der Waals surface area contributed by atoms with Crippen molar-refractivity contribution < 1.29 is 19.3 Å². The van der Waals surface area contributed by atoms with Crippen molar-refractivity contribution in [1.29, 1.82) is 0 Å². The summed E-state index contributed by atoms with van der Waals surface area (Å²) in [5, 5.41) is 8.36. The Morgan fingerprint density at radius 1 is 1.04 bits per heavy atom. The van der Waals surface area contributed by atoms with E-state index in [1.165, 1.54) is 62.9 Å². The molecule has 0 aliphatic heterocycles. The summed E-state index contributed by atoms with van der Waals surface area (Å²) < 4.78 is 12.3. The lowest BCUT2D eigenvalue weighted by Gasteiger charge is -2.08. The predicted octanol–water partition coefficient (Wildman–Crippen LogP) is 6.58. The normalized spacial score (nSPS) is 12.6. The maximum atomic E-state index is 12.3. The number of halogens is 1. The van der Waals surface area contributed by atoms with Gasteiger partial charge in [-0.25, -0.2) is 4.79 Å². The van der Waals surface area contributed by atoms with Crippen molar-refractivity contribution in [2.45, 2.75) is 84.0 Å². The Labute approximate surface area is 157 Å². The Bertz CT molecular complexity index is 324. The molecule has 0 saturated carbocycles. The summed E-state index contributed by atoms with van der Waals surface area (Å²) in [4.78, 5) is 14.9. The van der Waals surface area contributed by atoms with Gasteiger partial charge in [-0.15, -0.1) is 0 Å². The molecule has 0 aliphatic rings. The van der Waals surface area contributed by atoms with E-state index in [-0.39, 0.29) is 6.42 Å². The Kier molecular flexibility index (Phi) is 19.3. The summed E-state index contributed by atoms with van der Waals surface area (Å²) in [6, 6.07) is 0. The van der Waals surface area contributed by atoms with Gasteiger partial charge < -0.3 is 4.89 Å². The fourth-order valence-electron chi connectivity index (χ4n) is 2.65. The van der Waals surface area contributed by atoms with Gasteiger partial charge in [-0.1, -0.05) is 57.6 Å². The second kappa shape index (κ2) is 19.8. The minimum Gasteiger partial charge on any atom is -0.301 e. The zero-order valence-electron chi connectivity index (χ0n) is 15.9. The first-order chi connectivity index (χ1) is 12.3. The van der Waals surface area contributed by atoms with Gasteiger partial charge in [0.25, 0.3) is 0 Å². The van der Waals surface area contributed by atoms with E-state index in [2.05, 4.69) is 23.6 Å². The van der Waals surface area contributed by atoms with Gasteiger partial charge in [0.05, 0.1) is 12.6 Å². The van der Waals surface area contributed by atoms with Crippen molar-refractivity contribution >= 4 is 17.7 Å². The first-order valence-corrected chi connectivity index (χ1v) is 11.1. The van der Waals surface area contributed by atoms with Crippen LogP contribution in [0.3, 0.4) is 0 Å². The Hall–Kier alpha value is -0.550. The quantitative estimate of drug-likeness (QED) is 0.127. The molecule has 0 amide bonds. The predicted molar refractivity (Wildman–Crippen MR) is 106 cm³/mol. The molecule has 5 heteroatoms. The fourth-order valence-corrected chi connectivity index (χ4v) is 3.67. The SMILES string of the molecule is CCCCCCCSCCCCCC/C=C/CC(CCF)C(=O)OO. The molecule has 0 spiro atoms. The average Bonchev–Trinajstić information content (AvgIpc) is 2.63. The summed E-state index contributed by atoms with van der Waals surface area (Å²) in [6.45, 7) is 1.67. The number of carbonyl (C=O) groups is 1. The van der Waals surface area contributed by atoms with E-state index in [1.54, 1.807) is 0 Å². The van der Waals surface area contributed by atoms with Gasteiger partial charge in [0.2, 0.25) is 0 Å². The van der Waals surface area contributed by atoms with Crippen LogP contribution < -0.4 is 0 Å². The van der Waals surface area contributed by atoms with Crippen LogP contribution in [0.1, 0.15) is 84.0 Å². The zero-order valence-corrected chi connectivity index (χ0v) is 16.7. The molecule has 0 aromatic heterocycles. The highest BCUT2D eigenvalue weighted by Crippen LogP contribution is 2.14. The second-order valence-corrected chi connectivity index (χ2v) is 7.75. The Morgan fingerprint density at radius 2 is 1.68 bits per heavy atom. The summed E-state index contributed by atoms with van der Waals surface area (Å²) in [7, 11) is 0. The summed E-state index contributed by atoms with van der Waals surface area (Å²) in [5.41, 5.74) is 0. The molecule has 0 saturated heterocycles. The van der Waals surface area contributed by atoms with Gasteiger partial charge in [-0.3, -0.25) is 4.39 Å². The molecular formula is C20H37FO3S. The lowest BCUT2D eigenvalue weighted by atomic mass is 10.0. The van der Waals surface area contributed by atoms with Crippen LogP contribution in [0.4, 0.5) is 4.39 Å². The van der Waals surface area contributed by atoms with Gasteiger partial charge in [0.15, 0.2) is 0 Å². The number of allylic oxidation sites excluding steroid dienone is 2. The first kappa shape index (κ1) is 24.5. The van der Waals surface area contributed by atoms with Gasteiger partial charge >= 0.3 is 5.97 Å². The molecule has 0 aromatic rings. The lowest BCUT2D eigenvalue weighted by Crippen LogP contribution is -2.16. The molecule has 0 radical (unpaired) electrons. The molecule has 0 heterocycles. The van der Waals surface area contributed by atoms with Crippen LogP contribution in [0.2, 0.25) is 0 Å². The van der Waals surface area contributed by atoms with E-state index < -0.39 is 18.6 Å². The number of carbonyl (C=O) groups excluding carboxylic acids is 1. The highest BCUT2D eigenvalue weighted by Gasteiger charge is 2.18. The lowest BCUT2D eigenvalue weighted by molar-refractivity contribution is -0.239. The fraction of sp³-hybridized carbons (Fsp3) is 0.850. The highest BCUT2D eigenvalue weighted by molar-refractivity contribution is 7.99. The first-order valence-electron chi connectivity index (χ1n) is 9.90. The standard InChI is InChI=1S/C20H37FO3S/c1-2-3-4-9-12-17-25-18-13-10-7-5-6-8-11-14-19(15-16-21)20(22)24-23/h8,11,19,23H,2-7,9-10,12-18H2,1H3/b11-8+. The zero-order chi connectivity index (χ0) is 18.6. The largest absolute Gasteiger partial charge is 0.345 e. The minimum absolute atomic E-state index is 0.0972. The van der Waals surface area contributed by atoms with Gasteiger partial charge in [-0.2, -0.15) is 17.0 Å². The number of unbranched alkanes of at least 4 members (excludes halogenated alkanes) is 8. The number of rotatable bonds is 18. The van der Waals surface area contributed by atoms with Crippen molar-refractivity contribution in [3.63, 3.8) is 0 Å². The third kappa shape index (κ3) is 16.7. The van der Waals surface area contributed by atoms with E-state index in [0.717, 1.165) is 12.8 Å². The number of alkyl halides is 1.